The van der Waals surface area contributed by atoms with E-state index in [4.69, 9.17) is 0 Å². The molecule has 0 bridgehead atoms. The van der Waals surface area contributed by atoms with Crippen LogP contribution in [0.4, 0.5) is 0 Å². The molecule has 1 amide bonds. The molecule has 6 nitrogen and oxygen atoms in total. The third-order valence-corrected chi connectivity index (χ3v) is 7.42. The van der Waals surface area contributed by atoms with Gasteiger partial charge >= 0.3 is 0 Å². The van der Waals surface area contributed by atoms with Gasteiger partial charge in [-0.15, -0.1) is 11.3 Å². The highest BCUT2D eigenvalue weighted by Crippen LogP contribution is 2.27. The van der Waals surface area contributed by atoms with Gasteiger partial charge in [0.15, 0.2) is 0 Å². The quantitative estimate of drug-likeness (QED) is 0.817. The van der Waals surface area contributed by atoms with Crippen molar-refractivity contribution in [2.45, 2.75) is 44.0 Å². The molecule has 2 heterocycles. The average molecular weight is 394 g/mol. The molecule has 2 aromatic rings. The summed E-state index contributed by atoms with van der Waals surface area (Å²) in [4.78, 5) is 17.2. The molecule has 0 radical (unpaired) electrons. The first-order valence-electron chi connectivity index (χ1n) is 8.66. The zero-order chi connectivity index (χ0) is 18.7. The van der Waals surface area contributed by atoms with Crippen molar-refractivity contribution in [3.05, 3.63) is 45.9 Å². The number of hydrogen-bond donors (Lipinski definition) is 1. The van der Waals surface area contributed by atoms with Crippen molar-refractivity contribution in [1.29, 1.82) is 0 Å². The van der Waals surface area contributed by atoms with Crippen LogP contribution < -0.4 is 5.32 Å². The highest BCUT2D eigenvalue weighted by Gasteiger charge is 2.39. The van der Waals surface area contributed by atoms with Crippen LogP contribution in [0.2, 0.25) is 0 Å². The minimum Gasteiger partial charge on any atom is -0.354 e. The van der Waals surface area contributed by atoms with Crippen molar-refractivity contribution in [3.63, 3.8) is 0 Å². The second kappa shape index (κ2) is 7.85. The molecular formula is C18H23N3O3S2. The Balaban J connectivity index is 1.67. The summed E-state index contributed by atoms with van der Waals surface area (Å²) in [6.07, 6.45) is 1.88. The summed E-state index contributed by atoms with van der Waals surface area (Å²) in [5.41, 5.74) is 1.64. The van der Waals surface area contributed by atoms with Crippen LogP contribution in [0.5, 0.6) is 0 Å². The Morgan fingerprint density at radius 2 is 2.12 bits per heavy atom. The van der Waals surface area contributed by atoms with Crippen molar-refractivity contribution in [1.82, 2.24) is 14.6 Å². The monoisotopic (exact) mass is 393 g/mol. The lowest BCUT2D eigenvalue weighted by molar-refractivity contribution is -0.124. The van der Waals surface area contributed by atoms with Crippen LogP contribution in [-0.4, -0.2) is 42.7 Å². The Morgan fingerprint density at radius 3 is 2.81 bits per heavy atom. The first-order valence-corrected chi connectivity index (χ1v) is 11.0. The first kappa shape index (κ1) is 19.0. The molecule has 1 saturated heterocycles. The molecule has 3 rings (SSSR count). The number of carbonyl (C=O) groups is 1. The molecule has 1 aliphatic rings. The predicted molar refractivity (Wildman–Crippen MR) is 102 cm³/mol. The van der Waals surface area contributed by atoms with Gasteiger partial charge < -0.3 is 5.32 Å². The van der Waals surface area contributed by atoms with Gasteiger partial charge in [-0.2, -0.15) is 4.31 Å². The highest BCUT2D eigenvalue weighted by molar-refractivity contribution is 7.89. The normalized spacial score (nSPS) is 18.2. The maximum atomic E-state index is 13.0. The number of carbonyl (C=O) groups excluding carboxylic acids is 1. The second-order valence-corrected chi connectivity index (χ2v) is 9.36. The molecule has 8 heteroatoms. The number of hydrogen-bond acceptors (Lipinski definition) is 5. The third-order valence-electron chi connectivity index (χ3n) is 4.53. The van der Waals surface area contributed by atoms with Crippen LogP contribution in [0.25, 0.3) is 0 Å². The summed E-state index contributed by atoms with van der Waals surface area (Å²) in [5.74, 6) is -0.230. The van der Waals surface area contributed by atoms with E-state index in [9.17, 15) is 13.2 Å². The molecule has 1 aromatic heterocycles. The van der Waals surface area contributed by atoms with E-state index in [2.05, 4.69) is 10.3 Å². The number of benzene rings is 1. The summed E-state index contributed by atoms with van der Waals surface area (Å²) in [6.45, 7) is 4.55. The predicted octanol–water partition coefficient (Wildman–Crippen LogP) is 2.27. The molecule has 0 spiro atoms. The Labute approximate surface area is 158 Å². The summed E-state index contributed by atoms with van der Waals surface area (Å²) in [6, 6.07) is 6.25. The van der Waals surface area contributed by atoms with E-state index < -0.39 is 16.1 Å². The molecule has 26 heavy (non-hydrogen) atoms. The van der Waals surface area contributed by atoms with E-state index >= 15 is 0 Å². The van der Waals surface area contributed by atoms with Crippen LogP contribution in [0.3, 0.4) is 0 Å². The number of nitrogens with zero attached hydrogens (tertiary/aromatic N) is 2. The molecule has 1 N–H and O–H groups in total. The lowest BCUT2D eigenvalue weighted by atomic mass is 10.2. The number of aryl methyl sites for hydroxylation is 2. The summed E-state index contributed by atoms with van der Waals surface area (Å²) >= 11 is 1.58. The summed E-state index contributed by atoms with van der Waals surface area (Å²) < 4.78 is 27.4. The Bertz CT molecular complexity index is 893. The van der Waals surface area contributed by atoms with E-state index in [1.807, 2.05) is 18.4 Å². The van der Waals surface area contributed by atoms with Crippen LogP contribution in [0.1, 0.15) is 29.1 Å². The van der Waals surface area contributed by atoms with Gasteiger partial charge in [-0.05, 0) is 38.3 Å². The number of rotatable bonds is 6. The summed E-state index contributed by atoms with van der Waals surface area (Å²) in [5, 5.41) is 5.85. The lowest BCUT2D eigenvalue weighted by Crippen LogP contribution is -2.46. The number of thiazole rings is 1. The molecule has 0 aliphatic carbocycles. The van der Waals surface area contributed by atoms with Gasteiger partial charge in [-0.1, -0.05) is 18.2 Å². The van der Waals surface area contributed by atoms with E-state index in [0.717, 1.165) is 10.7 Å². The fourth-order valence-corrected chi connectivity index (χ4v) is 5.75. The smallest absolute Gasteiger partial charge is 0.244 e. The SMILES string of the molecule is Cc1nc(CCNC(=O)C2CCCN2S(=O)(=O)c2ccccc2C)cs1. The van der Waals surface area contributed by atoms with E-state index in [-0.39, 0.29) is 10.8 Å². The minimum absolute atomic E-state index is 0.230. The van der Waals surface area contributed by atoms with Crippen molar-refractivity contribution in [2.75, 3.05) is 13.1 Å². The van der Waals surface area contributed by atoms with Gasteiger partial charge in [0.2, 0.25) is 15.9 Å². The van der Waals surface area contributed by atoms with Crippen molar-refractivity contribution < 1.29 is 13.2 Å². The third kappa shape index (κ3) is 3.97. The van der Waals surface area contributed by atoms with Gasteiger partial charge in [-0.3, -0.25) is 4.79 Å². The average Bonchev–Trinajstić information content (AvgIpc) is 3.24. The van der Waals surface area contributed by atoms with E-state index in [0.29, 0.717) is 37.9 Å². The van der Waals surface area contributed by atoms with Gasteiger partial charge in [-0.25, -0.2) is 13.4 Å². The van der Waals surface area contributed by atoms with Crippen molar-refractivity contribution in [2.24, 2.45) is 0 Å². The zero-order valence-corrected chi connectivity index (χ0v) is 16.6. The molecule has 0 saturated carbocycles. The molecule has 1 unspecified atom stereocenters. The maximum Gasteiger partial charge on any atom is 0.244 e. The van der Waals surface area contributed by atoms with Crippen LogP contribution in [-0.2, 0) is 21.2 Å². The van der Waals surface area contributed by atoms with Crippen LogP contribution in [0.15, 0.2) is 34.5 Å². The van der Waals surface area contributed by atoms with E-state index in [1.54, 1.807) is 36.5 Å². The van der Waals surface area contributed by atoms with Crippen molar-refractivity contribution >= 4 is 27.3 Å². The van der Waals surface area contributed by atoms with Crippen LogP contribution in [0, 0.1) is 13.8 Å². The van der Waals surface area contributed by atoms with Gasteiger partial charge in [0.25, 0.3) is 0 Å². The molecule has 1 aromatic carbocycles. The number of amides is 1. The number of sulfonamides is 1. The maximum absolute atomic E-state index is 13.0. The second-order valence-electron chi connectivity index (χ2n) is 6.44. The van der Waals surface area contributed by atoms with Crippen molar-refractivity contribution in [3.8, 4) is 0 Å². The van der Waals surface area contributed by atoms with E-state index in [1.165, 1.54) is 4.31 Å². The highest BCUT2D eigenvalue weighted by atomic mass is 32.2. The largest absolute Gasteiger partial charge is 0.354 e. The Hall–Kier alpha value is -1.77. The fraction of sp³-hybridized carbons (Fsp3) is 0.444. The van der Waals surface area contributed by atoms with Gasteiger partial charge in [0.1, 0.15) is 6.04 Å². The Kier molecular flexibility index (Phi) is 5.74. The van der Waals surface area contributed by atoms with Crippen LogP contribution >= 0.6 is 11.3 Å². The number of nitrogens with one attached hydrogen (secondary N) is 1. The molecule has 140 valence electrons. The molecule has 1 aliphatic heterocycles. The minimum atomic E-state index is -3.68. The topological polar surface area (TPSA) is 79.4 Å². The first-order chi connectivity index (χ1) is 12.4. The molecule has 1 fully saturated rings. The fourth-order valence-electron chi connectivity index (χ4n) is 3.22. The summed E-state index contributed by atoms with van der Waals surface area (Å²) in [7, 11) is -3.68. The van der Waals surface area contributed by atoms with Gasteiger partial charge in [0.05, 0.1) is 15.6 Å². The number of aromatic nitrogens is 1. The zero-order valence-electron chi connectivity index (χ0n) is 14.9. The van der Waals surface area contributed by atoms with Gasteiger partial charge in [0, 0.05) is 24.9 Å². The molecule has 1 atom stereocenters. The standard InChI is InChI=1S/C18H23N3O3S2/c1-13-6-3-4-8-17(13)26(23,24)21-11-5-7-16(21)18(22)19-10-9-15-12-25-14(2)20-15/h3-4,6,8,12,16H,5,7,9-11H2,1-2H3,(H,19,22). The molecular weight excluding hydrogens is 370 g/mol. The lowest BCUT2D eigenvalue weighted by Gasteiger charge is -2.24. The Morgan fingerprint density at radius 1 is 1.35 bits per heavy atom.